The molecule has 1 heterocycles. The third-order valence-electron chi connectivity index (χ3n) is 4.17. The molecule has 31 heavy (non-hydrogen) atoms. The van der Waals surface area contributed by atoms with Crippen molar-refractivity contribution >= 4 is 63.5 Å². The number of rotatable bonds is 9. The standard InChI is InChI=1S/C22H19Cl2NO4S2/c1-3-8-25-21(26)19(31-22(25)30)12-14-11-15(23)13-18(24)20(14)29-10-9-28-17-6-4-16(27-2)5-7-17/h3-7,11-13H,1,8-10H2,2H3. The lowest BCUT2D eigenvalue weighted by molar-refractivity contribution is -0.121. The molecule has 1 aliphatic heterocycles. The number of methoxy groups -OCH3 is 1. The van der Waals surface area contributed by atoms with E-state index in [1.54, 1.807) is 31.4 Å². The molecule has 1 aliphatic rings. The summed E-state index contributed by atoms with van der Waals surface area (Å²) < 4.78 is 17.1. The van der Waals surface area contributed by atoms with Crippen LogP contribution in [0, 0.1) is 0 Å². The van der Waals surface area contributed by atoms with Crippen LogP contribution in [-0.4, -0.2) is 42.0 Å². The van der Waals surface area contributed by atoms with Gasteiger partial charge >= 0.3 is 0 Å². The molecule has 1 saturated heterocycles. The summed E-state index contributed by atoms with van der Waals surface area (Å²) in [4.78, 5) is 14.6. The molecule has 0 radical (unpaired) electrons. The predicted molar refractivity (Wildman–Crippen MR) is 131 cm³/mol. The van der Waals surface area contributed by atoms with E-state index >= 15 is 0 Å². The van der Waals surface area contributed by atoms with Crippen LogP contribution in [0.3, 0.4) is 0 Å². The number of carbonyl (C=O) groups is 1. The molecule has 0 unspecified atom stereocenters. The fourth-order valence-corrected chi connectivity index (χ4v) is 4.57. The normalized spacial score (nSPS) is 14.8. The zero-order valence-corrected chi connectivity index (χ0v) is 19.7. The van der Waals surface area contributed by atoms with Gasteiger partial charge in [0.05, 0.1) is 17.0 Å². The van der Waals surface area contributed by atoms with E-state index in [1.807, 2.05) is 24.3 Å². The van der Waals surface area contributed by atoms with Crippen LogP contribution >= 0.6 is 47.2 Å². The zero-order valence-electron chi connectivity index (χ0n) is 16.6. The Kier molecular flexibility index (Phi) is 8.26. The first-order valence-electron chi connectivity index (χ1n) is 9.18. The molecule has 0 aromatic heterocycles. The van der Waals surface area contributed by atoms with Crippen LogP contribution in [0.4, 0.5) is 0 Å². The molecule has 0 N–H and O–H groups in total. The summed E-state index contributed by atoms with van der Waals surface area (Å²) in [5.74, 6) is 1.66. The monoisotopic (exact) mass is 495 g/mol. The Hall–Kier alpha value is -2.19. The van der Waals surface area contributed by atoms with E-state index in [0.717, 1.165) is 5.75 Å². The topological polar surface area (TPSA) is 48.0 Å². The van der Waals surface area contributed by atoms with Crippen molar-refractivity contribution in [2.75, 3.05) is 26.9 Å². The van der Waals surface area contributed by atoms with Crippen molar-refractivity contribution in [3.05, 3.63) is 69.6 Å². The average Bonchev–Trinajstić information content (AvgIpc) is 3.00. The van der Waals surface area contributed by atoms with Crippen LogP contribution in [0.2, 0.25) is 10.0 Å². The highest BCUT2D eigenvalue weighted by molar-refractivity contribution is 8.26. The van der Waals surface area contributed by atoms with Gasteiger partial charge in [-0.1, -0.05) is 53.3 Å². The van der Waals surface area contributed by atoms with Crippen LogP contribution in [0.1, 0.15) is 5.56 Å². The molecule has 0 atom stereocenters. The summed E-state index contributed by atoms with van der Waals surface area (Å²) in [6.45, 7) is 4.55. The summed E-state index contributed by atoms with van der Waals surface area (Å²) in [5, 5.41) is 0.768. The third-order valence-corrected chi connectivity index (χ3v) is 6.04. The molecule has 1 amide bonds. The van der Waals surface area contributed by atoms with Crippen LogP contribution < -0.4 is 14.2 Å². The Morgan fingerprint density at radius 3 is 2.48 bits per heavy atom. The molecular weight excluding hydrogens is 477 g/mol. The number of amides is 1. The molecule has 0 aliphatic carbocycles. The number of hydrogen-bond acceptors (Lipinski definition) is 6. The number of ether oxygens (including phenoxy) is 3. The maximum atomic E-state index is 12.6. The van der Waals surface area contributed by atoms with Crippen LogP contribution in [0.15, 0.2) is 54.0 Å². The summed E-state index contributed by atoms with van der Waals surface area (Å²) in [5.41, 5.74) is 0.584. The van der Waals surface area contributed by atoms with E-state index < -0.39 is 0 Å². The van der Waals surface area contributed by atoms with Crippen molar-refractivity contribution < 1.29 is 19.0 Å². The predicted octanol–water partition coefficient (Wildman–Crippen LogP) is 5.85. The number of halogens is 2. The van der Waals surface area contributed by atoms with Crippen LogP contribution in [0.5, 0.6) is 17.2 Å². The van der Waals surface area contributed by atoms with Gasteiger partial charge in [-0.2, -0.15) is 0 Å². The molecule has 3 rings (SSSR count). The summed E-state index contributed by atoms with van der Waals surface area (Å²) in [7, 11) is 1.61. The lowest BCUT2D eigenvalue weighted by atomic mass is 10.1. The molecule has 162 valence electrons. The largest absolute Gasteiger partial charge is 0.497 e. The second kappa shape index (κ2) is 10.9. The van der Waals surface area contributed by atoms with Gasteiger partial charge in [0.25, 0.3) is 5.91 Å². The number of thioether (sulfide) groups is 1. The SMILES string of the molecule is C=CCN1C(=O)C(=Cc2cc(Cl)cc(Cl)c2OCCOc2ccc(OC)cc2)SC1=S. The quantitative estimate of drug-likeness (QED) is 0.188. The molecule has 1 fully saturated rings. The Morgan fingerprint density at radius 1 is 1.13 bits per heavy atom. The van der Waals surface area contributed by atoms with Crippen molar-refractivity contribution in [1.82, 2.24) is 4.90 Å². The lowest BCUT2D eigenvalue weighted by Gasteiger charge is -2.13. The molecule has 0 spiro atoms. The van der Waals surface area contributed by atoms with Gasteiger partial charge in [-0.3, -0.25) is 9.69 Å². The van der Waals surface area contributed by atoms with Gasteiger partial charge in [0.2, 0.25) is 0 Å². The van der Waals surface area contributed by atoms with E-state index in [9.17, 15) is 4.79 Å². The fraction of sp³-hybridized carbons (Fsp3) is 0.182. The summed E-state index contributed by atoms with van der Waals surface area (Å²) >= 11 is 19.0. The molecule has 5 nitrogen and oxygen atoms in total. The number of benzene rings is 2. The van der Waals surface area contributed by atoms with Crippen molar-refractivity contribution in [1.29, 1.82) is 0 Å². The molecule has 9 heteroatoms. The minimum Gasteiger partial charge on any atom is -0.497 e. The molecule has 0 bridgehead atoms. The van der Waals surface area contributed by atoms with Crippen molar-refractivity contribution in [3.63, 3.8) is 0 Å². The molecule has 2 aromatic carbocycles. The Labute approximate surface area is 200 Å². The summed E-state index contributed by atoms with van der Waals surface area (Å²) in [6, 6.07) is 10.5. The van der Waals surface area contributed by atoms with Crippen molar-refractivity contribution in [2.45, 2.75) is 0 Å². The van der Waals surface area contributed by atoms with E-state index in [2.05, 4.69) is 6.58 Å². The van der Waals surface area contributed by atoms with Gasteiger partial charge in [-0.15, -0.1) is 6.58 Å². The van der Waals surface area contributed by atoms with E-state index in [0.29, 0.717) is 49.5 Å². The Balaban J connectivity index is 1.72. The first-order valence-corrected chi connectivity index (χ1v) is 11.2. The summed E-state index contributed by atoms with van der Waals surface area (Å²) in [6.07, 6.45) is 3.31. The highest BCUT2D eigenvalue weighted by atomic mass is 35.5. The van der Waals surface area contributed by atoms with Crippen LogP contribution in [0.25, 0.3) is 6.08 Å². The minimum absolute atomic E-state index is 0.195. The lowest BCUT2D eigenvalue weighted by Crippen LogP contribution is -2.27. The smallest absolute Gasteiger partial charge is 0.266 e. The second-order valence-electron chi connectivity index (χ2n) is 6.26. The Morgan fingerprint density at radius 2 is 1.81 bits per heavy atom. The highest BCUT2D eigenvalue weighted by Gasteiger charge is 2.31. The maximum Gasteiger partial charge on any atom is 0.266 e. The van der Waals surface area contributed by atoms with Crippen molar-refractivity contribution in [2.24, 2.45) is 0 Å². The van der Waals surface area contributed by atoms with Gasteiger partial charge in [0.15, 0.2) is 0 Å². The minimum atomic E-state index is -0.195. The fourth-order valence-electron chi connectivity index (χ4n) is 2.74. The number of nitrogens with zero attached hydrogens (tertiary/aromatic N) is 1. The van der Waals surface area contributed by atoms with E-state index in [4.69, 9.17) is 49.6 Å². The zero-order chi connectivity index (χ0) is 22.4. The maximum absolute atomic E-state index is 12.6. The first kappa shape index (κ1) is 23.5. The average molecular weight is 496 g/mol. The Bertz CT molecular complexity index is 1020. The van der Waals surface area contributed by atoms with Gasteiger partial charge in [0.1, 0.15) is 34.8 Å². The molecular formula is C22H19Cl2NO4S2. The second-order valence-corrected chi connectivity index (χ2v) is 8.78. The van der Waals surface area contributed by atoms with E-state index in [-0.39, 0.29) is 12.5 Å². The van der Waals surface area contributed by atoms with Crippen molar-refractivity contribution in [3.8, 4) is 17.2 Å². The third kappa shape index (κ3) is 5.95. The van der Waals surface area contributed by atoms with Gasteiger partial charge in [-0.25, -0.2) is 0 Å². The van der Waals surface area contributed by atoms with Crippen LogP contribution in [-0.2, 0) is 4.79 Å². The highest BCUT2D eigenvalue weighted by Crippen LogP contribution is 2.38. The first-order chi connectivity index (χ1) is 14.9. The molecule has 2 aromatic rings. The van der Waals surface area contributed by atoms with Gasteiger partial charge < -0.3 is 14.2 Å². The van der Waals surface area contributed by atoms with Gasteiger partial charge in [0, 0.05) is 17.1 Å². The van der Waals surface area contributed by atoms with E-state index in [1.165, 1.54) is 16.7 Å². The number of carbonyl (C=O) groups excluding carboxylic acids is 1. The molecule has 0 saturated carbocycles. The number of thiocarbonyl (C=S) groups is 1. The number of hydrogen-bond donors (Lipinski definition) is 0. The van der Waals surface area contributed by atoms with Gasteiger partial charge in [-0.05, 0) is 42.5 Å².